The second-order valence-electron chi connectivity index (χ2n) is 4.80. The summed E-state index contributed by atoms with van der Waals surface area (Å²) >= 11 is 1.75. The molecule has 0 atom stereocenters. The molecule has 0 amide bonds. The van der Waals surface area contributed by atoms with Gasteiger partial charge in [0.05, 0.1) is 17.8 Å². The smallest absolute Gasteiger partial charge is 0.308 e. The van der Waals surface area contributed by atoms with Crippen molar-refractivity contribution in [2.45, 2.75) is 16.2 Å². The van der Waals surface area contributed by atoms with Crippen LogP contribution in [0.2, 0.25) is 0 Å². The van der Waals surface area contributed by atoms with Crippen LogP contribution in [0.4, 0.5) is 11.4 Å². The third-order valence-corrected chi connectivity index (χ3v) is 4.52. The number of nitrogens with zero attached hydrogens (tertiary/aromatic N) is 1. The maximum Gasteiger partial charge on any atom is 0.308 e. The quantitative estimate of drug-likeness (QED) is 0.634. The van der Waals surface area contributed by atoms with E-state index in [0.29, 0.717) is 13.0 Å². The zero-order valence-corrected chi connectivity index (χ0v) is 12.8. The summed E-state index contributed by atoms with van der Waals surface area (Å²) in [5.41, 5.74) is 2.24. The first kappa shape index (κ1) is 14.6. The van der Waals surface area contributed by atoms with Crippen molar-refractivity contribution in [2.24, 2.45) is 0 Å². The van der Waals surface area contributed by atoms with Crippen molar-refractivity contribution < 1.29 is 9.53 Å². The summed E-state index contributed by atoms with van der Waals surface area (Å²) in [7, 11) is 0. The Morgan fingerprint density at radius 1 is 1.09 bits per heavy atom. The minimum absolute atomic E-state index is 0.0296. The highest BCUT2D eigenvalue weighted by Crippen LogP contribution is 2.47. The summed E-state index contributed by atoms with van der Waals surface area (Å²) in [4.78, 5) is 16.3. The van der Waals surface area contributed by atoms with Crippen LogP contribution < -0.4 is 4.90 Å². The van der Waals surface area contributed by atoms with Gasteiger partial charge in [0.25, 0.3) is 0 Å². The number of carbonyl (C=O) groups excluding carboxylic acids is 1. The Kier molecular flexibility index (Phi) is 4.36. The lowest BCUT2D eigenvalue weighted by atomic mass is 10.2. The maximum atomic E-state index is 11.7. The lowest BCUT2D eigenvalue weighted by molar-refractivity contribution is -0.141. The number of ether oxygens (including phenoxy) is 1. The number of para-hydroxylation sites is 2. The van der Waals surface area contributed by atoms with Crippen LogP contribution in [0, 0.1) is 12.3 Å². The topological polar surface area (TPSA) is 29.5 Å². The Balaban J connectivity index is 1.84. The predicted molar refractivity (Wildman–Crippen MR) is 88.4 cm³/mol. The summed E-state index contributed by atoms with van der Waals surface area (Å²) in [6.45, 7) is 0.597. The summed E-state index contributed by atoms with van der Waals surface area (Å²) < 4.78 is 4.95. The van der Waals surface area contributed by atoms with Gasteiger partial charge in [0, 0.05) is 16.3 Å². The van der Waals surface area contributed by atoms with Crippen molar-refractivity contribution in [3.8, 4) is 12.3 Å². The molecule has 1 heterocycles. The monoisotopic (exact) mass is 309 g/mol. The van der Waals surface area contributed by atoms with Gasteiger partial charge in [-0.25, -0.2) is 0 Å². The minimum atomic E-state index is -0.272. The van der Waals surface area contributed by atoms with Crippen LogP contribution in [0.15, 0.2) is 58.3 Å². The Bertz CT molecular complexity index is 690. The average Bonchev–Trinajstić information content (AvgIpc) is 2.56. The van der Waals surface area contributed by atoms with E-state index in [1.54, 1.807) is 11.8 Å². The predicted octanol–water partition coefficient (Wildman–Crippen LogP) is 3.86. The maximum absolute atomic E-state index is 11.7. The van der Waals surface area contributed by atoms with E-state index in [1.165, 1.54) is 9.79 Å². The highest BCUT2D eigenvalue weighted by atomic mass is 32.2. The van der Waals surface area contributed by atoms with E-state index in [2.05, 4.69) is 35.1 Å². The first-order chi connectivity index (χ1) is 10.8. The Labute approximate surface area is 134 Å². The van der Waals surface area contributed by atoms with Crippen LogP contribution in [0.3, 0.4) is 0 Å². The highest BCUT2D eigenvalue weighted by molar-refractivity contribution is 7.99. The van der Waals surface area contributed by atoms with E-state index in [-0.39, 0.29) is 12.6 Å². The van der Waals surface area contributed by atoms with Crippen LogP contribution >= 0.6 is 11.8 Å². The van der Waals surface area contributed by atoms with Crippen molar-refractivity contribution >= 4 is 29.1 Å². The van der Waals surface area contributed by atoms with Gasteiger partial charge in [-0.15, -0.1) is 6.42 Å². The molecule has 110 valence electrons. The molecule has 22 heavy (non-hydrogen) atoms. The van der Waals surface area contributed by atoms with Gasteiger partial charge in [-0.2, -0.15) is 0 Å². The number of fused-ring (bicyclic) bond motifs is 2. The fourth-order valence-electron chi connectivity index (χ4n) is 2.42. The number of rotatable bonds is 4. The molecule has 0 aliphatic carbocycles. The zero-order valence-electron chi connectivity index (χ0n) is 12.0. The van der Waals surface area contributed by atoms with Crippen LogP contribution in [0.1, 0.15) is 6.42 Å². The van der Waals surface area contributed by atoms with Crippen molar-refractivity contribution in [3.63, 3.8) is 0 Å². The van der Waals surface area contributed by atoms with Gasteiger partial charge >= 0.3 is 5.97 Å². The van der Waals surface area contributed by atoms with Gasteiger partial charge in [0.15, 0.2) is 6.61 Å². The molecule has 0 radical (unpaired) electrons. The lowest BCUT2D eigenvalue weighted by Gasteiger charge is -2.32. The van der Waals surface area contributed by atoms with Crippen LogP contribution in [0.25, 0.3) is 0 Å². The standard InChI is InChI=1S/C18H15NO2S/c1-2-13-21-18(20)11-12-19-14-7-3-5-9-16(14)22-17-10-6-4-8-15(17)19/h1,3-10H,11-13H2. The molecule has 1 aliphatic heterocycles. The normalized spacial score (nSPS) is 12.0. The molecule has 0 bridgehead atoms. The molecule has 0 saturated carbocycles. The zero-order chi connectivity index (χ0) is 15.4. The van der Waals surface area contributed by atoms with Gasteiger partial charge in [-0.3, -0.25) is 4.79 Å². The van der Waals surface area contributed by atoms with Crippen LogP contribution in [0.5, 0.6) is 0 Å². The van der Waals surface area contributed by atoms with Crippen molar-refractivity contribution in [1.82, 2.24) is 0 Å². The number of esters is 1. The molecule has 1 aliphatic rings. The van der Waals surface area contributed by atoms with Crippen molar-refractivity contribution in [1.29, 1.82) is 0 Å². The molecular weight excluding hydrogens is 294 g/mol. The Morgan fingerprint density at radius 3 is 2.27 bits per heavy atom. The first-order valence-electron chi connectivity index (χ1n) is 7.02. The molecule has 0 spiro atoms. The molecule has 3 rings (SSSR count). The molecule has 2 aromatic rings. The number of anilines is 2. The van der Waals surface area contributed by atoms with E-state index in [1.807, 2.05) is 24.3 Å². The molecule has 0 N–H and O–H groups in total. The molecule has 0 aromatic heterocycles. The van der Waals surface area contributed by atoms with E-state index in [9.17, 15) is 4.79 Å². The molecule has 4 heteroatoms. The van der Waals surface area contributed by atoms with E-state index in [4.69, 9.17) is 11.2 Å². The van der Waals surface area contributed by atoms with Gasteiger partial charge in [0.1, 0.15) is 0 Å². The lowest BCUT2D eigenvalue weighted by Crippen LogP contribution is -2.24. The van der Waals surface area contributed by atoms with Crippen molar-refractivity contribution in [3.05, 3.63) is 48.5 Å². The first-order valence-corrected chi connectivity index (χ1v) is 7.84. The number of terminal acetylenes is 1. The summed E-state index contributed by atoms with van der Waals surface area (Å²) in [6.07, 6.45) is 5.40. The molecule has 0 saturated heterocycles. The Hall–Kier alpha value is -2.38. The van der Waals surface area contributed by atoms with Crippen LogP contribution in [-0.2, 0) is 9.53 Å². The average molecular weight is 309 g/mol. The third kappa shape index (κ3) is 2.95. The SMILES string of the molecule is C#CCOC(=O)CCN1c2ccccc2Sc2ccccc21. The van der Waals surface area contributed by atoms with Crippen molar-refractivity contribution in [2.75, 3.05) is 18.1 Å². The third-order valence-electron chi connectivity index (χ3n) is 3.39. The van der Waals surface area contributed by atoms with Gasteiger partial charge in [0.2, 0.25) is 0 Å². The van der Waals surface area contributed by atoms with E-state index in [0.717, 1.165) is 11.4 Å². The molecular formula is C18H15NO2S. The van der Waals surface area contributed by atoms with Gasteiger partial charge in [-0.1, -0.05) is 41.9 Å². The molecule has 2 aromatic carbocycles. The number of hydrogen-bond acceptors (Lipinski definition) is 4. The molecule has 0 unspecified atom stereocenters. The second kappa shape index (κ2) is 6.59. The second-order valence-corrected chi connectivity index (χ2v) is 5.89. The summed E-state index contributed by atoms with van der Waals surface area (Å²) in [5, 5.41) is 0. The largest absolute Gasteiger partial charge is 0.452 e. The summed E-state index contributed by atoms with van der Waals surface area (Å²) in [5.74, 6) is 2.04. The molecule has 0 fully saturated rings. The number of hydrogen-bond donors (Lipinski definition) is 0. The summed E-state index contributed by atoms with van der Waals surface area (Å²) in [6, 6.07) is 16.4. The number of benzene rings is 2. The minimum Gasteiger partial charge on any atom is -0.452 e. The van der Waals surface area contributed by atoms with Crippen LogP contribution in [-0.4, -0.2) is 19.1 Å². The fraction of sp³-hybridized carbons (Fsp3) is 0.167. The fourth-order valence-corrected chi connectivity index (χ4v) is 3.52. The Morgan fingerprint density at radius 2 is 1.68 bits per heavy atom. The van der Waals surface area contributed by atoms with E-state index < -0.39 is 0 Å². The van der Waals surface area contributed by atoms with E-state index >= 15 is 0 Å². The number of carbonyl (C=O) groups is 1. The highest BCUT2D eigenvalue weighted by Gasteiger charge is 2.23. The van der Waals surface area contributed by atoms with Gasteiger partial charge in [-0.05, 0) is 24.3 Å². The van der Waals surface area contributed by atoms with Gasteiger partial charge < -0.3 is 9.64 Å². The molecule has 3 nitrogen and oxygen atoms in total.